The van der Waals surface area contributed by atoms with Crippen molar-refractivity contribution in [2.45, 2.75) is 129 Å². The third-order valence-corrected chi connectivity index (χ3v) is 16.8. The number of nitrogens with two attached hydrogens (primary N) is 1. The first-order valence-corrected chi connectivity index (χ1v) is 24.9. The number of Topliss-reactive ketones (excluding diaryl/α,β-unsaturated/α-hetero) is 1. The van der Waals surface area contributed by atoms with E-state index in [1.165, 1.54) is 18.2 Å². The zero-order valence-corrected chi connectivity index (χ0v) is 41.8. The Balaban J connectivity index is 0.942. The minimum Gasteiger partial charge on any atom is -0.492 e. The number of methoxy groups -OCH3 is 1. The van der Waals surface area contributed by atoms with Crippen molar-refractivity contribution in [3.63, 3.8) is 0 Å². The molecule has 386 valence electrons. The van der Waals surface area contributed by atoms with Crippen LogP contribution in [0.1, 0.15) is 110 Å². The van der Waals surface area contributed by atoms with Gasteiger partial charge in [0.1, 0.15) is 22.9 Å². The number of ether oxygens (including phenoxy) is 4. The third kappa shape index (κ3) is 9.04. The highest BCUT2D eigenvalue weighted by molar-refractivity contribution is 6.01. The van der Waals surface area contributed by atoms with Gasteiger partial charge in [-0.25, -0.2) is 18.8 Å². The van der Waals surface area contributed by atoms with Crippen molar-refractivity contribution < 1.29 is 62.3 Å². The molecule has 5 N–H and O–H groups in total. The van der Waals surface area contributed by atoms with Gasteiger partial charge in [-0.2, -0.15) is 0 Å². The number of aromatic nitrogens is 1. The Morgan fingerprint density at radius 2 is 1.72 bits per heavy atom. The maximum Gasteiger partial charge on any atom is 0.413 e. The summed E-state index contributed by atoms with van der Waals surface area (Å²) < 4.78 is 40.1. The van der Waals surface area contributed by atoms with Gasteiger partial charge >= 0.3 is 18.0 Å². The molecule has 5 fully saturated rings. The van der Waals surface area contributed by atoms with E-state index in [-0.39, 0.29) is 96.2 Å². The molecule has 0 spiro atoms. The lowest BCUT2D eigenvalue weighted by Gasteiger charge is -2.59. The molecule has 2 amide bonds. The standard InChI is InChI=1S/C52H68FN5O13/c1-26(2)40(54)46(63)55-41(27(3)4)48(65)70-25-71-49(66)57-18-17-56(22-28(57)5)43-36(53)20-33-42(45(43)68-8)58(30-10-11-30)23-34(44(33)62)47(64)69-24-38(61)52(67)16-14-35-32-12-9-29-19-31(59)13-15-50(29,6)39(32)37(60)21-51(35,52)7/h13,15,19-20,23,26-28,30,32,35,37,39-41,60,67H,9-12,14,16-18,21-22,24-25,54H2,1-8H3,(H,55,63)/t28?,32-,35-,37-,39+,40?,41?,50-,51-,52-/m1/s1. The van der Waals surface area contributed by atoms with Crippen LogP contribution in [0.5, 0.6) is 5.75 Å². The van der Waals surface area contributed by atoms with Crippen LogP contribution in [0, 0.1) is 46.2 Å². The van der Waals surface area contributed by atoms with Crippen LogP contribution in [0.15, 0.2) is 40.9 Å². The minimum atomic E-state index is -1.93. The highest BCUT2D eigenvalue weighted by Crippen LogP contribution is 2.67. The Morgan fingerprint density at radius 1 is 1.00 bits per heavy atom. The van der Waals surface area contributed by atoms with E-state index in [2.05, 4.69) is 5.32 Å². The zero-order chi connectivity index (χ0) is 51.6. The predicted octanol–water partition coefficient (Wildman–Crippen LogP) is 4.49. The van der Waals surface area contributed by atoms with Crippen molar-refractivity contribution in [3.8, 4) is 5.75 Å². The second kappa shape index (κ2) is 19.4. The summed E-state index contributed by atoms with van der Waals surface area (Å²) >= 11 is 0. The Morgan fingerprint density at radius 3 is 2.37 bits per heavy atom. The second-order valence-electron chi connectivity index (χ2n) is 21.7. The number of piperazine rings is 1. The maximum atomic E-state index is 16.5. The van der Waals surface area contributed by atoms with Crippen LogP contribution in [-0.2, 0) is 33.4 Å². The van der Waals surface area contributed by atoms with Crippen LogP contribution in [0.25, 0.3) is 10.9 Å². The number of ketones is 2. The summed E-state index contributed by atoms with van der Waals surface area (Å²) in [6.07, 6.45) is 8.29. The van der Waals surface area contributed by atoms with Crippen LogP contribution in [0.2, 0.25) is 0 Å². The predicted molar refractivity (Wildman–Crippen MR) is 257 cm³/mol. The Labute approximate surface area is 412 Å². The van der Waals surface area contributed by atoms with Crippen molar-refractivity contribution in [1.82, 2.24) is 14.8 Å². The van der Waals surface area contributed by atoms with Crippen molar-refractivity contribution >= 4 is 52.1 Å². The number of hydrogen-bond acceptors (Lipinski definition) is 15. The summed E-state index contributed by atoms with van der Waals surface area (Å²) in [5, 5.41) is 26.5. The number of hydrogen-bond donors (Lipinski definition) is 4. The van der Waals surface area contributed by atoms with Gasteiger partial charge in [0.2, 0.25) is 23.9 Å². The SMILES string of the molecule is COc1c(N2CCN(C(=O)OCOC(=O)C(NC(=O)C(N)C(C)C)C(C)C)C(C)C2)c(F)cc2c(=O)c(C(=O)OCC(=O)[C@]3(O)CC[C@@H]4[C@H]5CCC6=CC(=O)C=C[C@@]6(C)[C@@H]5[C@H](O)C[C@]43C)cn(C3CC3)c12. The molecule has 0 radical (unpaired) electrons. The summed E-state index contributed by atoms with van der Waals surface area (Å²) in [7, 11) is 1.35. The Hall–Kier alpha value is -5.66. The van der Waals surface area contributed by atoms with E-state index in [1.54, 1.807) is 56.2 Å². The van der Waals surface area contributed by atoms with Gasteiger partial charge in [-0.3, -0.25) is 19.2 Å². The average Bonchev–Trinajstić information content (AvgIpc) is 4.13. The van der Waals surface area contributed by atoms with Gasteiger partial charge in [-0.1, -0.05) is 53.2 Å². The van der Waals surface area contributed by atoms with Crippen molar-refractivity contribution in [2.24, 2.45) is 46.2 Å². The number of benzene rings is 1. The number of aliphatic hydroxyl groups excluding tert-OH is 1. The van der Waals surface area contributed by atoms with Gasteiger partial charge in [0.25, 0.3) is 0 Å². The molecule has 1 aromatic carbocycles. The molecule has 1 aromatic heterocycles. The molecule has 6 aliphatic rings. The van der Waals surface area contributed by atoms with Crippen LogP contribution in [0.3, 0.4) is 0 Å². The molecule has 8 rings (SSSR count). The first kappa shape index (κ1) is 51.7. The quantitative estimate of drug-likeness (QED) is 0.151. The fourth-order valence-corrected chi connectivity index (χ4v) is 12.6. The number of rotatable bonds is 14. The highest BCUT2D eigenvalue weighted by Gasteiger charge is 2.68. The third-order valence-electron chi connectivity index (χ3n) is 16.8. The molecule has 1 saturated heterocycles. The number of halogens is 1. The van der Waals surface area contributed by atoms with Gasteiger partial charge in [-0.05, 0) is 93.8 Å². The number of carbonyl (C=O) groups is 6. The van der Waals surface area contributed by atoms with Crippen molar-refractivity contribution in [2.75, 3.05) is 45.0 Å². The molecule has 4 saturated carbocycles. The number of nitrogens with zero attached hydrogens (tertiary/aromatic N) is 3. The summed E-state index contributed by atoms with van der Waals surface area (Å²) in [6.45, 7) is 11.4. The summed E-state index contributed by atoms with van der Waals surface area (Å²) in [4.78, 5) is 96.2. The van der Waals surface area contributed by atoms with Crippen molar-refractivity contribution in [1.29, 1.82) is 0 Å². The lowest BCUT2D eigenvalue weighted by atomic mass is 9.46. The number of allylic oxidation sites excluding steroid dienone is 4. The molecule has 10 atom stereocenters. The fourth-order valence-electron chi connectivity index (χ4n) is 12.6. The molecule has 2 aromatic rings. The number of aliphatic hydroxyl groups is 2. The number of nitrogens with one attached hydrogen (secondary N) is 1. The van der Waals surface area contributed by atoms with Crippen molar-refractivity contribution in [3.05, 3.63) is 57.7 Å². The molecule has 0 bridgehead atoms. The van der Waals surface area contributed by atoms with E-state index in [9.17, 15) is 43.8 Å². The van der Waals surface area contributed by atoms with E-state index >= 15 is 4.39 Å². The maximum absolute atomic E-state index is 16.5. The van der Waals surface area contributed by atoms with Gasteiger partial charge in [0, 0.05) is 54.7 Å². The molecule has 3 unspecified atom stereocenters. The molecule has 2 heterocycles. The van der Waals surface area contributed by atoms with Crippen LogP contribution < -0.4 is 26.1 Å². The molecular formula is C52H68FN5O13. The number of esters is 2. The largest absolute Gasteiger partial charge is 0.492 e. The topological polar surface area (TPSA) is 246 Å². The first-order valence-electron chi connectivity index (χ1n) is 24.9. The fraction of sp³-hybridized carbons (Fsp3) is 0.635. The monoisotopic (exact) mass is 989 g/mol. The van der Waals surface area contributed by atoms with E-state index in [0.29, 0.717) is 32.1 Å². The summed E-state index contributed by atoms with van der Waals surface area (Å²) in [5.74, 6) is -4.88. The van der Waals surface area contributed by atoms with Crippen LogP contribution in [0.4, 0.5) is 14.9 Å². The number of amides is 2. The molecule has 19 heteroatoms. The smallest absolute Gasteiger partial charge is 0.413 e. The number of fused-ring (bicyclic) bond motifs is 6. The molecular weight excluding hydrogens is 922 g/mol. The van der Waals surface area contributed by atoms with Gasteiger partial charge < -0.3 is 54.6 Å². The number of carbonyl (C=O) groups excluding carboxylic acids is 6. The molecule has 1 aliphatic heterocycles. The summed E-state index contributed by atoms with van der Waals surface area (Å²) in [6, 6.07) is -1.52. The number of anilines is 1. The second-order valence-corrected chi connectivity index (χ2v) is 21.7. The Kier molecular flexibility index (Phi) is 14.1. The van der Waals surface area contributed by atoms with E-state index in [4.69, 9.17) is 24.7 Å². The zero-order valence-electron chi connectivity index (χ0n) is 41.8. The highest BCUT2D eigenvalue weighted by atomic mass is 19.1. The number of pyridine rings is 1. The normalized spacial score (nSPS) is 30.0. The molecule has 18 nitrogen and oxygen atoms in total. The van der Waals surface area contributed by atoms with Gasteiger partial charge in [-0.15, -0.1) is 0 Å². The molecule has 5 aliphatic carbocycles. The first-order chi connectivity index (χ1) is 33.5. The molecule has 71 heavy (non-hydrogen) atoms. The van der Waals surface area contributed by atoms with E-state index in [1.807, 2.05) is 19.9 Å². The van der Waals surface area contributed by atoms with Gasteiger partial charge in [0.15, 0.2) is 24.0 Å². The van der Waals surface area contributed by atoms with Crippen LogP contribution in [-0.4, -0.2) is 125 Å². The average molecular weight is 990 g/mol. The van der Waals surface area contributed by atoms with E-state index in [0.717, 1.165) is 11.6 Å². The van der Waals surface area contributed by atoms with Crippen LogP contribution >= 0.6 is 0 Å². The minimum absolute atomic E-state index is 0.0333. The Bertz CT molecular complexity index is 2640. The van der Waals surface area contributed by atoms with Gasteiger partial charge in [0.05, 0.1) is 30.2 Å². The summed E-state index contributed by atoms with van der Waals surface area (Å²) in [5.41, 5.74) is 2.47. The lowest BCUT2D eigenvalue weighted by Crippen LogP contribution is -2.61. The lowest BCUT2D eigenvalue weighted by molar-refractivity contribution is -0.178. The van der Waals surface area contributed by atoms with E-state index < -0.39 is 101 Å².